The van der Waals surface area contributed by atoms with Crippen molar-refractivity contribution in [3.63, 3.8) is 0 Å². The SMILES string of the molecule is Cc1c(Cl)cccc1N1C(=O)c2cc(-c3cccs3)nn2C[C@@]1(C)C(=O)NC(C)(C)C. The molecule has 31 heavy (non-hydrogen) atoms. The average Bonchev–Trinajstić information content (AvgIpc) is 3.33. The van der Waals surface area contributed by atoms with Crippen LogP contribution in [-0.2, 0) is 11.3 Å². The van der Waals surface area contributed by atoms with Gasteiger partial charge in [0.1, 0.15) is 16.9 Å². The van der Waals surface area contributed by atoms with Gasteiger partial charge < -0.3 is 5.32 Å². The fourth-order valence-electron chi connectivity index (χ4n) is 3.82. The van der Waals surface area contributed by atoms with Crippen LogP contribution in [0.3, 0.4) is 0 Å². The molecule has 1 atom stereocenters. The number of halogens is 1. The molecule has 1 aromatic carbocycles. The van der Waals surface area contributed by atoms with Gasteiger partial charge in [0.15, 0.2) is 0 Å². The molecule has 0 bridgehead atoms. The van der Waals surface area contributed by atoms with Crippen LogP contribution in [0.4, 0.5) is 5.69 Å². The number of benzene rings is 1. The molecule has 3 heterocycles. The van der Waals surface area contributed by atoms with Gasteiger partial charge in [-0.15, -0.1) is 11.3 Å². The van der Waals surface area contributed by atoms with E-state index in [1.54, 1.807) is 46.0 Å². The molecule has 1 N–H and O–H groups in total. The normalized spacial score (nSPS) is 18.8. The van der Waals surface area contributed by atoms with Gasteiger partial charge in [-0.25, -0.2) is 0 Å². The predicted molar refractivity (Wildman–Crippen MR) is 125 cm³/mol. The average molecular weight is 457 g/mol. The quantitative estimate of drug-likeness (QED) is 0.609. The number of hydrogen-bond donors (Lipinski definition) is 1. The van der Waals surface area contributed by atoms with Gasteiger partial charge in [0.2, 0.25) is 5.91 Å². The van der Waals surface area contributed by atoms with Gasteiger partial charge in [0.25, 0.3) is 5.91 Å². The third-order valence-electron chi connectivity index (χ3n) is 5.38. The largest absolute Gasteiger partial charge is 0.349 e. The minimum absolute atomic E-state index is 0.229. The van der Waals surface area contributed by atoms with Crippen LogP contribution in [0.15, 0.2) is 41.8 Å². The summed E-state index contributed by atoms with van der Waals surface area (Å²) < 4.78 is 1.65. The van der Waals surface area contributed by atoms with Crippen LogP contribution in [0.5, 0.6) is 0 Å². The smallest absolute Gasteiger partial charge is 0.277 e. The van der Waals surface area contributed by atoms with E-state index in [9.17, 15) is 9.59 Å². The number of fused-ring (bicyclic) bond motifs is 1. The van der Waals surface area contributed by atoms with Gasteiger partial charge in [0.05, 0.1) is 11.4 Å². The number of carbonyl (C=O) groups is 2. The number of anilines is 1. The molecule has 1 aliphatic heterocycles. The molecule has 0 radical (unpaired) electrons. The predicted octanol–water partition coefficient (Wildman–Crippen LogP) is 4.91. The van der Waals surface area contributed by atoms with E-state index in [1.807, 2.05) is 51.3 Å². The summed E-state index contributed by atoms with van der Waals surface area (Å²) in [6.45, 7) is 9.62. The van der Waals surface area contributed by atoms with Crippen LogP contribution >= 0.6 is 22.9 Å². The van der Waals surface area contributed by atoms with Crippen LogP contribution in [-0.4, -0.2) is 32.7 Å². The number of nitrogens with zero attached hydrogens (tertiary/aromatic N) is 3. The van der Waals surface area contributed by atoms with Crippen LogP contribution in [0.1, 0.15) is 43.7 Å². The van der Waals surface area contributed by atoms with Crippen molar-refractivity contribution >= 4 is 40.4 Å². The Balaban J connectivity index is 1.88. The minimum Gasteiger partial charge on any atom is -0.349 e. The van der Waals surface area contributed by atoms with Gasteiger partial charge in [-0.1, -0.05) is 23.7 Å². The van der Waals surface area contributed by atoms with Gasteiger partial charge in [-0.05, 0) is 69.8 Å². The van der Waals surface area contributed by atoms with Crippen molar-refractivity contribution in [2.45, 2.75) is 52.2 Å². The van der Waals surface area contributed by atoms with E-state index in [1.165, 1.54) is 0 Å². The molecule has 0 unspecified atom stereocenters. The van der Waals surface area contributed by atoms with Crippen LogP contribution in [0.2, 0.25) is 5.02 Å². The lowest BCUT2D eigenvalue weighted by atomic mass is 9.92. The molecule has 6 nitrogen and oxygen atoms in total. The second-order valence-corrected chi connectivity index (χ2v) is 10.4. The molecule has 0 fully saturated rings. The first kappa shape index (κ1) is 21.6. The number of nitrogens with one attached hydrogen (secondary N) is 1. The Bertz CT molecular complexity index is 1160. The Morgan fingerprint density at radius 2 is 2.00 bits per heavy atom. The molecule has 3 aromatic rings. The number of hydrogen-bond acceptors (Lipinski definition) is 4. The molecule has 162 valence electrons. The van der Waals surface area contributed by atoms with Crippen molar-refractivity contribution in [3.05, 3.63) is 58.1 Å². The van der Waals surface area contributed by atoms with Crippen LogP contribution in [0.25, 0.3) is 10.6 Å². The summed E-state index contributed by atoms with van der Waals surface area (Å²) in [5.41, 5.74) is 0.898. The van der Waals surface area contributed by atoms with Gasteiger partial charge in [-0.3, -0.25) is 19.2 Å². The number of amides is 2. The van der Waals surface area contributed by atoms with E-state index in [4.69, 9.17) is 11.6 Å². The summed E-state index contributed by atoms with van der Waals surface area (Å²) in [6, 6.07) is 11.1. The molecule has 0 spiro atoms. The summed E-state index contributed by atoms with van der Waals surface area (Å²) in [4.78, 5) is 29.9. The Hall–Kier alpha value is -2.64. The zero-order valence-corrected chi connectivity index (χ0v) is 19.8. The zero-order valence-electron chi connectivity index (χ0n) is 18.2. The van der Waals surface area contributed by atoms with E-state index in [0.717, 1.165) is 16.1 Å². The van der Waals surface area contributed by atoms with Crippen molar-refractivity contribution < 1.29 is 9.59 Å². The van der Waals surface area contributed by atoms with Crippen molar-refractivity contribution in [1.29, 1.82) is 0 Å². The van der Waals surface area contributed by atoms with E-state index in [-0.39, 0.29) is 18.4 Å². The first-order chi connectivity index (χ1) is 14.5. The van der Waals surface area contributed by atoms with Crippen molar-refractivity contribution in [2.75, 3.05) is 4.90 Å². The fraction of sp³-hybridized carbons (Fsp3) is 0.348. The van der Waals surface area contributed by atoms with Crippen molar-refractivity contribution in [2.24, 2.45) is 0 Å². The summed E-state index contributed by atoms with van der Waals surface area (Å²) in [7, 11) is 0. The second-order valence-electron chi connectivity index (χ2n) is 9.05. The van der Waals surface area contributed by atoms with Gasteiger partial charge in [-0.2, -0.15) is 5.10 Å². The summed E-state index contributed by atoms with van der Waals surface area (Å²) in [5.74, 6) is -0.523. The highest BCUT2D eigenvalue weighted by molar-refractivity contribution is 7.13. The summed E-state index contributed by atoms with van der Waals surface area (Å²) >= 11 is 7.94. The van der Waals surface area contributed by atoms with E-state index in [2.05, 4.69) is 10.4 Å². The Morgan fingerprint density at radius 1 is 1.26 bits per heavy atom. The lowest BCUT2D eigenvalue weighted by molar-refractivity contribution is -0.128. The van der Waals surface area contributed by atoms with E-state index < -0.39 is 11.1 Å². The van der Waals surface area contributed by atoms with E-state index >= 15 is 0 Å². The highest BCUT2D eigenvalue weighted by Crippen LogP contribution is 2.38. The molecule has 2 aromatic heterocycles. The lowest BCUT2D eigenvalue weighted by Gasteiger charge is -2.44. The highest BCUT2D eigenvalue weighted by atomic mass is 35.5. The number of rotatable bonds is 3. The second kappa shape index (κ2) is 7.50. The minimum atomic E-state index is -1.19. The Kier molecular flexibility index (Phi) is 5.22. The lowest BCUT2D eigenvalue weighted by Crippen LogP contribution is -2.66. The maximum absolute atomic E-state index is 13.8. The monoisotopic (exact) mass is 456 g/mol. The molecule has 1 aliphatic rings. The molecular weight excluding hydrogens is 432 g/mol. The number of carbonyl (C=O) groups excluding carboxylic acids is 2. The van der Waals surface area contributed by atoms with E-state index in [0.29, 0.717) is 16.4 Å². The fourth-order valence-corrected chi connectivity index (χ4v) is 4.67. The third kappa shape index (κ3) is 3.77. The molecule has 0 saturated heterocycles. The topological polar surface area (TPSA) is 67.2 Å². The maximum atomic E-state index is 13.8. The molecule has 4 rings (SSSR count). The van der Waals surface area contributed by atoms with Crippen LogP contribution in [0, 0.1) is 6.92 Å². The molecule has 8 heteroatoms. The standard InChI is InChI=1S/C23H25ClN4O2S/c1-14-15(24)8-6-9-17(14)28-20(29)18-12-16(19-10-7-11-31-19)26-27(18)13-23(28,5)21(30)25-22(2,3)4/h6-12H,13H2,1-5H3,(H,25,30)/t23-/m0/s1. The third-order valence-corrected chi connectivity index (χ3v) is 6.69. The first-order valence-electron chi connectivity index (χ1n) is 10.1. The van der Waals surface area contributed by atoms with Crippen molar-refractivity contribution in [3.8, 4) is 10.6 Å². The van der Waals surface area contributed by atoms with Crippen LogP contribution < -0.4 is 10.2 Å². The molecule has 2 amide bonds. The van der Waals surface area contributed by atoms with Crippen molar-refractivity contribution in [1.82, 2.24) is 15.1 Å². The summed E-state index contributed by atoms with van der Waals surface area (Å²) in [5, 5.41) is 10.2. The zero-order chi connectivity index (χ0) is 22.6. The van der Waals surface area contributed by atoms with Gasteiger partial charge >= 0.3 is 0 Å². The Labute approximate surface area is 190 Å². The molecular formula is C23H25ClN4O2S. The summed E-state index contributed by atoms with van der Waals surface area (Å²) in [6.07, 6.45) is 0. The highest BCUT2D eigenvalue weighted by Gasteiger charge is 2.50. The number of aromatic nitrogens is 2. The first-order valence-corrected chi connectivity index (χ1v) is 11.3. The van der Waals surface area contributed by atoms with Gasteiger partial charge in [0, 0.05) is 16.2 Å². The maximum Gasteiger partial charge on any atom is 0.277 e. The number of thiophene rings is 1. The molecule has 0 aliphatic carbocycles. The Morgan fingerprint density at radius 3 is 2.65 bits per heavy atom. The molecule has 0 saturated carbocycles.